The van der Waals surface area contributed by atoms with Gasteiger partial charge in [0.1, 0.15) is 11.9 Å². The predicted octanol–water partition coefficient (Wildman–Crippen LogP) is 0.583. The molecule has 130 valence electrons. The third kappa shape index (κ3) is 1.87. The molecule has 3 aliphatic rings. The average molecular weight is 333 g/mol. The van der Waals surface area contributed by atoms with Gasteiger partial charge in [-0.2, -0.15) is 0 Å². The third-order valence-electron chi connectivity index (χ3n) is 5.83. The number of nitrogens with one attached hydrogen (secondary N) is 1. The van der Waals surface area contributed by atoms with E-state index in [1.165, 1.54) is 14.2 Å². The summed E-state index contributed by atoms with van der Waals surface area (Å²) in [6.45, 7) is 0.782. The maximum absolute atomic E-state index is 10.8. The summed E-state index contributed by atoms with van der Waals surface area (Å²) in [5, 5.41) is 35.2. The van der Waals surface area contributed by atoms with Crippen LogP contribution in [0.3, 0.4) is 0 Å². The van der Waals surface area contributed by atoms with E-state index in [2.05, 4.69) is 5.32 Å². The molecule has 0 radical (unpaired) electrons. The molecule has 1 aromatic carbocycles. The van der Waals surface area contributed by atoms with E-state index < -0.39 is 17.6 Å². The van der Waals surface area contributed by atoms with Crippen LogP contribution in [0.1, 0.15) is 24.0 Å². The Labute approximate surface area is 140 Å². The number of phenolic OH excluding ortho intramolecular Hbond substituents is 1. The lowest BCUT2D eigenvalue weighted by atomic mass is 9.55. The van der Waals surface area contributed by atoms with E-state index in [1.54, 1.807) is 6.07 Å². The quantitative estimate of drug-likeness (QED) is 0.633. The monoisotopic (exact) mass is 333 g/mol. The molecular formula is C18H23NO5. The minimum Gasteiger partial charge on any atom is -0.504 e. The summed E-state index contributed by atoms with van der Waals surface area (Å²) < 4.78 is 10.8. The number of fused-ring (bicyclic) bond motifs is 1. The van der Waals surface area contributed by atoms with Gasteiger partial charge in [0.05, 0.1) is 20.3 Å². The summed E-state index contributed by atoms with van der Waals surface area (Å²) in [5.41, 5.74) is 2.29. The van der Waals surface area contributed by atoms with Crippen molar-refractivity contribution in [2.75, 3.05) is 20.8 Å². The first-order chi connectivity index (χ1) is 11.5. The molecule has 4 rings (SSSR count). The Morgan fingerprint density at radius 1 is 1.21 bits per heavy atom. The van der Waals surface area contributed by atoms with Crippen LogP contribution in [0.4, 0.5) is 0 Å². The molecule has 0 aromatic heterocycles. The van der Waals surface area contributed by atoms with E-state index in [4.69, 9.17) is 9.47 Å². The molecule has 4 N–H and O–H groups in total. The molecule has 6 heteroatoms. The van der Waals surface area contributed by atoms with Crippen molar-refractivity contribution in [3.05, 3.63) is 34.6 Å². The van der Waals surface area contributed by atoms with Crippen molar-refractivity contribution in [3.8, 4) is 11.5 Å². The fourth-order valence-corrected chi connectivity index (χ4v) is 4.92. The van der Waals surface area contributed by atoms with Crippen LogP contribution in [-0.2, 0) is 16.6 Å². The van der Waals surface area contributed by atoms with Crippen molar-refractivity contribution in [3.63, 3.8) is 0 Å². The molecule has 24 heavy (non-hydrogen) atoms. The van der Waals surface area contributed by atoms with Crippen LogP contribution in [0, 0.1) is 0 Å². The first-order valence-electron chi connectivity index (χ1n) is 8.31. The zero-order valence-electron chi connectivity index (χ0n) is 13.9. The molecule has 0 saturated carbocycles. The van der Waals surface area contributed by atoms with Gasteiger partial charge in [-0.15, -0.1) is 0 Å². The zero-order chi connectivity index (χ0) is 17.1. The molecule has 1 fully saturated rings. The second-order valence-corrected chi connectivity index (χ2v) is 6.89. The minimum atomic E-state index is -1.03. The SMILES string of the molecule is COC1=C2[C@@H]3Cc4ccc(OC)c(O)c4[C@]2(CCN3)C[C@@H](O)[C@@H]1O. The Morgan fingerprint density at radius 3 is 2.71 bits per heavy atom. The second kappa shape index (κ2) is 5.37. The van der Waals surface area contributed by atoms with Crippen LogP contribution in [-0.4, -0.2) is 54.3 Å². The lowest BCUT2D eigenvalue weighted by molar-refractivity contribution is -0.0260. The number of hydrogen-bond donors (Lipinski definition) is 4. The van der Waals surface area contributed by atoms with Gasteiger partial charge in [0.15, 0.2) is 11.5 Å². The number of ether oxygens (including phenoxy) is 2. The lowest BCUT2D eigenvalue weighted by Crippen LogP contribution is -2.59. The molecule has 2 aliphatic carbocycles. The van der Waals surface area contributed by atoms with Crippen LogP contribution >= 0.6 is 0 Å². The summed E-state index contributed by atoms with van der Waals surface area (Å²) in [7, 11) is 3.05. The maximum atomic E-state index is 10.8. The van der Waals surface area contributed by atoms with Crippen LogP contribution in [0.2, 0.25) is 0 Å². The smallest absolute Gasteiger partial charge is 0.162 e. The Morgan fingerprint density at radius 2 is 2.00 bits per heavy atom. The highest BCUT2D eigenvalue weighted by Crippen LogP contribution is 2.57. The minimum absolute atomic E-state index is 0.0381. The molecule has 4 atom stereocenters. The van der Waals surface area contributed by atoms with Crippen LogP contribution in [0.5, 0.6) is 11.5 Å². The Hall–Kier alpha value is -1.76. The van der Waals surface area contributed by atoms with Gasteiger partial charge >= 0.3 is 0 Å². The topological polar surface area (TPSA) is 91.2 Å². The first-order valence-corrected chi connectivity index (χ1v) is 8.31. The number of rotatable bonds is 2. The number of piperidine rings is 1. The second-order valence-electron chi connectivity index (χ2n) is 6.89. The van der Waals surface area contributed by atoms with Crippen molar-refractivity contribution >= 4 is 0 Å². The molecule has 6 nitrogen and oxygen atoms in total. The van der Waals surface area contributed by atoms with E-state index in [9.17, 15) is 15.3 Å². The van der Waals surface area contributed by atoms with Crippen molar-refractivity contribution in [2.45, 2.75) is 42.9 Å². The van der Waals surface area contributed by atoms with Gasteiger partial charge in [0.2, 0.25) is 0 Å². The fourth-order valence-electron chi connectivity index (χ4n) is 4.92. The number of aromatic hydroxyl groups is 1. The molecule has 1 heterocycles. The molecule has 0 amide bonds. The van der Waals surface area contributed by atoms with E-state index in [1.807, 2.05) is 6.07 Å². The lowest BCUT2D eigenvalue weighted by Gasteiger charge is -2.53. The van der Waals surface area contributed by atoms with E-state index in [0.717, 1.165) is 29.7 Å². The zero-order valence-corrected chi connectivity index (χ0v) is 13.9. The van der Waals surface area contributed by atoms with Gasteiger partial charge in [0, 0.05) is 17.0 Å². The summed E-state index contributed by atoms with van der Waals surface area (Å²) in [5.74, 6) is 0.991. The molecule has 1 saturated heterocycles. The highest BCUT2D eigenvalue weighted by molar-refractivity contribution is 5.62. The van der Waals surface area contributed by atoms with E-state index >= 15 is 0 Å². The van der Waals surface area contributed by atoms with Gasteiger partial charge in [-0.1, -0.05) is 6.07 Å². The van der Waals surface area contributed by atoms with Gasteiger partial charge in [-0.3, -0.25) is 0 Å². The Kier molecular flexibility index (Phi) is 3.53. The summed E-state index contributed by atoms with van der Waals surface area (Å²) in [6, 6.07) is 3.80. The summed E-state index contributed by atoms with van der Waals surface area (Å²) in [6.07, 6.45) is -0.167. The molecule has 1 aliphatic heterocycles. The van der Waals surface area contributed by atoms with Gasteiger partial charge in [-0.05, 0) is 43.0 Å². The van der Waals surface area contributed by atoms with Gasteiger partial charge < -0.3 is 30.1 Å². The van der Waals surface area contributed by atoms with Crippen molar-refractivity contribution < 1.29 is 24.8 Å². The van der Waals surface area contributed by atoms with Crippen molar-refractivity contribution in [2.24, 2.45) is 0 Å². The molecular weight excluding hydrogens is 310 g/mol. The number of phenols is 1. The highest BCUT2D eigenvalue weighted by atomic mass is 16.5. The predicted molar refractivity (Wildman–Crippen MR) is 87.1 cm³/mol. The number of aliphatic hydroxyl groups is 2. The van der Waals surface area contributed by atoms with Gasteiger partial charge in [-0.25, -0.2) is 0 Å². The Bertz CT molecular complexity index is 716. The number of aliphatic hydroxyl groups excluding tert-OH is 2. The summed E-state index contributed by atoms with van der Waals surface area (Å²) >= 11 is 0. The van der Waals surface area contributed by atoms with Crippen molar-refractivity contribution in [1.82, 2.24) is 5.32 Å². The molecule has 2 bridgehead atoms. The number of benzene rings is 1. The first kappa shape index (κ1) is 15.7. The Balaban J connectivity index is 2.04. The molecule has 0 unspecified atom stereocenters. The normalized spacial score (nSPS) is 34.4. The molecule has 0 spiro atoms. The fraction of sp³-hybridized carbons (Fsp3) is 0.556. The van der Waals surface area contributed by atoms with Crippen LogP contribution in [0.25, 0.3) is 0 Å². The average Bonchev–Trinajstić information content (AvgIpc) is 2.55. The number of hydrogen-bond acceptors (Lipinski definition) is 6. The maximum Gasteiger partial charge on any atom is 0.162 e. The highest BCUT2D eigenvalue weighted by Gasteiger charge is 2.55. The van der Waals surface area contributed by atoms with E-state index in [-0.39, 0.29) is 11.8 Å². The van der Waals surface area contributed by atoms with Crippen LogP contribution < -0.4 is 10.1 Å². The third-order valence-corrected chi connectivity index (χ3v) is 5.83. The van der Waals surface area contributed by atoms with E-state index in [0.29, 0.717) is 24.4 Å². The molecule has 1 aromatic rings. The van der Waals surface area contributed by atoms with Gasteiger partial charge in [0.25, 0.3) is 0 Å². The van der Waals surface area contributed by atoms with Crippen LogP contribution in [0.15, 0.2) is 23.5 Å². The standard InChI is InChI=1S/C18H23NO5/c1-23-12-4-3-9-7-10-14-17(24-2)15(21)11(20)8-18(14,5-6-19-10)13(9)16(12)22/h3-4,10-11,15,19-22H,5-8H2,1-2H3/t10-,11+,15-,18-/m0/s1. The largest absolute Gasteiger partial charge is 0.504 e. The number of methoxy groups -OCH3 is 2. The van der Waals surface area contributed by atoms with Crippen molar-refractivity contribution in [1.29, 1.82) is 0 Å². The summed E-state index contributed by atoms with van der Waals surface area (Å²) in [4.78, 5) is 0.